The molecule has 4 aromatic rings. The summed E-state index contributed by atoms with van der Waals surface area (Å²) in [5.74, 6) is 0.564. The Hall–Kier alpha value is -2.92. The second-order valence-electron chi connectivity index (χ2n) is 6.27. The maximum atomic E-state index is 12.2. The Balaban J connectivity index is 1.61. The van der Waals surface area contributed by atoms with Gasteiger partial charge in [-0.05, 0) is 54.1 Å². The van der Waals surface area contributed by atoms with Crippen LogP contribution in [0.15, 0.2) is 81.7 Å². The van der Waals surface area contributed by atoms with Crippen LogP contribution in [-0.2, 0) is 11.3 Å². The zero-order valence-corrected chi connectivity index (χ0v) is 16.3. The third-order valence-corrected chi connectivity index (χ3v) is 4.82. The number of anilines is 1. The van der Waals surface area contributed by atoms with Crippen LogP contribution in [0.4, 0.5) is 5.69 Å². The fourth-order valence-electron chi connectivity index (χ4n) is 2.98. The summed E-state index contributed by atoms with van der Waals surface area (Å²) in [5.41, 5.74) is 4.36. The van der Waals surface area contributed by atoms with Crippen LogP contribution in [0.3, 0.4) is 0 Å². The maximum absolute atomic E-state index is 12.2. The topological polar surface area (TPSA) is 46.3 Å². The van der Waals surface area contributed by atoms with Gasteiger partial charge in [0.1, 0.15) is 5.52 Å². The molecule has 0 atom stereocenters. The Morgan fingerprint density at radius 2 is 1.81 bits per heavy atom. The lowest BCUT2D eigenvalue weighted by Crippen LogP contribution is -2.27. The molecule has 1 heterocycles. The number of fused-ring (bicyclic) bond motifs is 1. The molecule has 0 spiro atoms. The molecular weight excluding hydrogens is 404 g/mol. The van der Waals surface area contributed by atoms with E-state index in [1.54, 1.807) is 11.8 Å². The number of oxazole rings is 1. The lowest BCUT2D eigenvalue weighted by atomic mass is 10.1. The van der Waals surface area contributed by atoms with Gasteiger partial charge in [-0.2, -0.15) is 0 Å². The number of hydrogen-bond donors (Lipinski definition) is 0. The van der Waals surface area contributed by atoms with Gasteiger partial charge in [-0.15, -0.1) is 0 Å². The quantitative estimate of drug-likeness (QED) is 0.418. The minimum absolute atomic E-state index is 0.00964. The molecule has 1 amide bonds. The van der Waals surface area contributed by atoms with Crippen LogP contribution in [0.2, 0.25) is 0 Å². The molecule has 134 valence electrons. The molecule has 0 saturated heterocycles. The predicted molar refractivity (Wildman–Crippen MR) is 110 cm³/mol. The van der Waals surface area contributed by atoms with Gasteiger partial charge in [0.2, 0.25) is 11.8 Å². The number of hydrogen-bond acceptors (Lipinski definition) is 3. The number of rotatable bonds is 4. The number of carbonyl (C=O) groups is 1. The molecule has 27 heavy (non-hydrogen) atoms. The van der Waals surface area contributed by atoms with Crippen molar-refractivity contribution >= 4 is 38.6 Å². The van der Waals surface area contributed by atoms with Crippen molar-refractivity contribution in [3.8, 4) is 11.5 Å². The molecular formula is C22H17BrN2O2. The fraction of sp³-hybridized carbons (Fsp3) is 0.0909. The molecule has 0 aliphatic rings. The van der Waals surface area contributed by atoms with E-state index in [2.05, 4.69) is 20.9 Å². The van der Waals surface area contributed by atoms with Crippen molar-refractivity contribution in [1.29, 1.82) is 0 Å². The van der Waals surface area contributed by atoms with Gasteiger partial charge in [0.25, 0.3) is 0 Å². The number of aromatic nitrogens is 1. The SMILES string of the molecule is CC(=O)N(Cc1cccc(Br)c1)c1ccc(-c2nc3ccccc3o2)cc1. The Kier molecular flexibility index (Phi) is 4.77. The van der Waals surface area contributed by atoms with Crippen molar-refractivity contribution in [3.05, 3.63) is 82.8 Å². The molecule has 3 aromatic carbocycles. The molecule has 0 N–H and O–H groups in total. The molecule has 0 fully saturated rings. The Morgan fingerprint density at radius 3 is 2.52 bits per heavy atom. The van der Waals surface area contributed by atoms with Gasteiger partial charge >= 0.3 is 0 Å². The van der Waals surface area contributed by atoms with Crippen LogP contribution in [0.25, 0.3) is 22.6 Å². The van der Waals surface area contributed by atoms with Crippen LogP contribution >= 0.6 is 15.9 Å². The zero-order chi connectivity index (χ0) is 18.8. The monoisotopic (exact) mass is 420 g/mol. The van der Waals surface area contributed by atoms with E-state index in [0.717, 1.165) is 32.4 Å². The van der Waals surface area contributed by atoms with Gasteiger partial charge in [0.05, 0.1) is 6.54 Å². The zero-order valence-electron chi connectivity index (χ0n) is 14.7. The second kappa shape index (κ2) is 7.37. The first-order valence-electron chi connectivity index (χ1n) is 8.59. The van der Waals surface area contributed by atoms with Crippen molar-refractivity contribution in [2.75, 3.05) is 4.90 Å². The summed E-state index contributed by atoms with van der Waals surface area (Å²) >= 11 is 3.47. The van der Waals surface area contributed by atoms with Crippen molar-refractivity contribution in [3.63, 3.8) is 0 Å². The van der Waals surface area contributed by atoms with Gasteiger partial charge in [-0.25, -0.2) is 4.98 Å². The van der Waals surface area contributed by atoms with Crippen molar-refractivity contribution in [1.82, 2.24) is 4.98 Å². The minimum atomic E-state index is -0.00964. The highest BCUT2D eigenvalue weighted by Gasteiger charge is 2.14. The Bertz CT molecular complexity index is 1070. The summed E-state index contributed by atoms with van der Waals surface area (Å²) in [4.78, 5) is 18.5. The van der Waals surface area contributed by atoms with Crippen molar-refractivity contribution in [2.24, 2.45) is 0 Å². The van der Waals surface area contributed by atoms with Gasteiger partial charge in [0, 0.05) is 22.6 Å². The fourth-order valence-corrected chi connectivity index (χ4v) is 3.43. The van der Waals surface area contributed by atoms with Gasteiger partial charge in [-0.3, -0.25) is 4.79 Å². The number of para-hydroxylation sites is 2. The van der Waals surface area contributed by atoms with Gasteiger partial charge in [0.15, 0.2) is 5.58 Å². The molecule has 0 radical (unpaired) electrons. The van der Waals surface area contributed by atoms with E-state index in [4.69, 9.17) is 4.42 Å². The summed E-state index contributed by atoms with van der Waals surface area (Å²) in [6, 6.07) is 23.3. The molecule has 0 bridgehead atoms. The Labute approximate surface area is 165 Å². The van der Waals surface area contributed by atoms with E-state index in [9.17, 15) is 4.79 Å². The predicted octanol–water partition coefficient (Wildman–Crippen LogP) is 5.81. The van der Waals surface area contributed by atoms with E-state index >= 15 is 0 Å². The average Bonchev–Trinajstić information content (AvgIpc) is 3.10. The van der Waals surface area contributed by atoms with E-state index in [1.165, 1.54) is 0 Å². The van der Waals surface area contributed by atoms with E-state index in [1.807, 2.05) is 72.8 Å². The molecule has 1 aromatic heterocycles. The third kappa shape index (κ3) is 3.78. The lowest BCUT2D eigenvalue weighted by Gasteiger charge is -2.21. The normalized spacial score (nSPS) is 10.9. The highest BCUT2D eigenvalue weighted by Crippen LogP contribution is 2.27. The minimum Gasteiger partial charge on any atom is -0.436 e. The van der Waals surface area contributed by atoms with E-state index < -0.39 is 0 Å². The molecule has 5 heteroatoms. The first-order valence-corrected chi connectivity index (χ1v) is 9.38. The Morgan fingerprint density at radius 1 is 1.04 bits per heavy atom. The van der Waals surface area contributed by atoms with Gasteiger partial charge < -0.3 is 9.32 Å². The van der Waals surface area contributed by atoms with Gasteiger partial charge in [-0.1, -0.05) is 40.2 Å². The summed E-state index contributed by atoms with van der Waals surface area (Å²) in [6.07, 6.45) is 0. The first kappa shape index (κ1) is 17.5. The highest BCUT2D eigenvalue weighted by molar-refractivity contribution is 9.10. The van der Waals surface area contributed by atoms with Crippen LogP contribution in [-0.4, -0.2) is 10.9 Å². The van der Waals surface area contributed by atoms with Crippen LogP contribution in [0, 0.1) is 0 Å². The highest BCUT2D eigenvalue weighted by atomic mass is 79.9. The largest absolute Gasteiger partial charge is 0.436 e. The molecule has 4 rings (SSSR count). The summed E-state index contributed by atoms with van der Waals surface area (Å²) in [5, 5.41) is 0. The average molecular weight is 421 g/mol. The second-order valence-corrected chi connectivity index (χ2v) is 7.18. The van der Waals surface area contributed by atoms with Crippen molar-refractivity contribution < 1.29 is 9.21 Å². The number of nitrogens with zero attached hydrogens (tertiary/aromatic N) is 2. The molecule has 4 nitrogen and oxygen atoms in total. The molecule has 0 aliphatic carbocycles. The molecule has 0 saturated carbocycles. The van der Waals surface area contributed by atoms with Crippen molar-refractivity contribution in [2.45, 2.75) is 13.5 Å². The lowest BCUT2D eigenvalue weighted by molar-refractivity contribution is -0.116. The number of amides is 1. The maximum Gasteiger partial charge on any atom is 0.227 e. The third-order valence-electron chi connectivity index (χ3n) is 4.33. The van der Waals surface area contributed by atoms with E-state index in [0.29, 0.717) is 12.4 Å². The molecule has 0 aliphatic heterocycles. The van der Waals surface area contributed by atoms with Crippen LogP contribution in [0.5, 0.6) is 0 Å². The molecule has 0 unspecified atom stereocenters. The summed E-state index contributed by atoms with van der Waals surface area (Å²) in [7, 11) is 0. The summed E-state index contributed by atoms with van der Waals surface area (Å²) in [6.45, 7) is 2.09. The van der Waals surface area contributed by atoms with Crippen LogP contribution in [0.1, 0.15) is 12.5 Å². The summed E-state index contributed by atoms with van der Waals surface area (Å²) < 4.78 is 6.81. The number of benzene rings is 3. The standard InChI is InChI=1S/C22H17BrN2O2/c1-15(26)25(14-16-5-4-6-18(23)13-16)19-11-9-17(10-12-19)22-24-20-7-2-3-8-21(20)27-22/h2-13H,14H2,1H3. The smallest absolute Gasteiger partial charge is 0.227 e. The number of halogens is 1. The van der Waals surface area contributed by atoms with Crippen LogP contribution < -0.4 is 4.90 Å². The first-order chi connectivity index (χ1) is 13.1. The van der Waals surface area contributed by atoms with E-state index in [-0.39, 0.29) is 5.91 Å². The number of carbonyl (C=O) groups excluding carboxylic acids is 1.